The molecule has 2 saturated heterocycles. The Hall–Kier alpha value is -0.870. The second-order valence-electron chi connectivity index (χ2n) is 8.46. The average molecular weight is 336 g/mol. The summed E-state index contributed by atoms with van der Waals surface area (Å²) in [6.07, 6.45) is 7.00. The number of carbonyl (C=O) groups excluding carboxylic acids is 1. The molecule has 4 heteroatoms. The van der Waals surface area contributed by atoms with Crippen LogP contribution in [0.5, 0.6) is 0 Å². The molecule has 7 atom stereocenters. The number of allylic oxidation sites excluding steroid dienone is 2. The summed E-state index contributed by atoms with van der Waals surface area (Å²) in [7, 11) is 0. The molecule has 3 aliphatic heterocycles. The van der Waals surface area contributed by atoms with Gasteiger partial charge in [0, 0.05) is 5.92 Å². The molecule has 3 heterocycles. The first-order valence-corrected chi connectivity index (χ1v) is 9.54. The third-order valence-electron chi connectivity index (χ3n) is 6.54. The second-order valence-corrected chi connectivity index (χ2v) is 8.46. The predicted molar refractivity (Wildman–Crippen MR) is 92.4 cm³/mol. The lowest BCUT2D eigenvalue weighted by atomic mass is 9.80. The van der Waals surface area contributed by atoms with Crippen LogP contribution in [-0.2, 0) is 14.3 Å². The summed E-state index contributed by atoms with van der Waals surface area (Å²) < 4.78 is 12.3. The van der Waals surface area contributed by atoms with Crippen molar-refractivity contribution in [3.8, 4) is 0 Å². The van der Waals surface area contributed by atoms with E-state index in [1.54, 1.807) is 0 Å². The minimum atomic E-state index is -0.573. The Morgan fingerprint density at radius 3 is 2.79 bits per heavy atom. The molecule has 136 valence electrons. The van der Waals surface area contributed by atoms with Crippen molar-refractivity contribution in [2.24, 2.45) is 17.8 Å². The van der Waals surface area contributed by atoms with Crippen molar-refractivity contribution < 1.29 is 19.4 Å². The van der Waals surface area contributed by atoms with Crippen LogP contribution >= 0.6 is 0 Å². The van der Waals surface area contributed by atoms with E-state index in [1.807, 2.05) is 13.8 Å². The molecule has 1 N–H and O–H groups in total. The van der Waals surface area contributed by atoms with Gasteiger partial charge >= 0.3 is 5.97 Å². The van der Waals surface area contributed by atoms with E-state index in [1.165, 1.54) is 5.57 Å². The molecule has 0 spiro atoms. The van der Waals surface area contributed by atoms with E-state index in [0.717, 1.165) is 32.1 Å². The molecule has 3 aliphatic rings. The van der Waals surface area contributed by atoms with Gasteiger partial charge in [-0.15, -0.1) is 0 Å². The molecule has 2 fully saturated rings. The Bertz CT molecular complexity index is 514. The highest BCUT2D eigenvalue weighted by Gasteiger charge is 2.54. The molecule has 0 aromatic rings. The fourth-order valence-corrected chi connectivity index (χ4v) is 4.64. The third kappa shape index (κ3) is 3.28. The minimum absolute atomic E-state index is 0.0574. The summed E-state index contributed by atoms with van der Waals surface area (Å²) in [5.41, 5.74) is 0.851. The van der Waals surface area contributed by atoms with E-state index in [0.29, 0.717) is 12.3 Å². The van der Waals surface area contributed by atoms with Crippen molar-refractivity contribution in [3.63, 3.8) is 0 Å². The maximum atomic E-state index is 12.1. The zero-order valence-corrected chi connectivity index (χ0v) is 15.5. The summed E-state index contributed by atoms with van der Waals surface area (Å²) in [5.74, 6) is 0.0805. The molecule has 0 amide bonds. The van der Waals surface area contributed by atoms with Crippen LogP contribution in [-0.4, -0.2) is 35.0 Å². The molecular formula is C20H32O4. The third-order valence-corrected chi connectivity index (χ3v) is 6.54. The molecule has 0 saturated carbocycles. The molecule has 0 aromatic heterocycles. The fraction of sp³-hybridized carbons (Fsp3) is 0.850. The molecule has 0 radical (unpaired) electrons. The van der Waals surface area contributed by atoms with E-state index in [4.69, 9.17) is 9.47 Å². The molecule has 0 aliphatic carbocycles. The smallest absolute Gasteiger partial charge is 0.309 e. The molecule has 0 aromatic carbocycles. The van der Waals surface area contributed by atoms with Gasteiger partial charge in [0.1, 0.15) is 6.10 Å². The molecule has 0 unspecified atom stereocenters. The van der Waals surface area contributed by atoms with E-state index in [9.17, 15) is 9.90 Å². The van der Waals surface area contributed by atoms with Crippen molar-refractivity contribution >= 4 is 5.97 Å². The minimum Gasteiger partial charge on any atom is -0.459 e. The predicted octanol–water partition coefficient (Wildman–Crippen LogP) is 3.62. The molecule has 2 bridgehead atoms. The van der Waals surface area contributed by atoms with Crippen LogP contribution in [0, 0.1) is 17.8 Å². The number of carbonyl (C=O) groups is 1. The SMILES string of the molecule is C/C1=C\CC[C@@]2(C)O[C@@H]([C@@H]3OC(=O)[C@H](C)[C@@H]3C[C@H]2O)[C@H](C)CCC1. The van der Waals surface area contributed by atoms with Crippen molar-refractivity contribution in [2.45, 2.75) is 90.1 Å². The van der Waals surface area contributed by atoms with Gasteiger partial charge in [-0.05, 0) is 58.3 Å². The van der Waals surface area contributed by atoms with Gasteiger partial charge in [0.25, 0.3) is 0 Å². The van der Waals surface area contributed by atoms with Gasteiger partial charge in [-0.2, -0.15) is 0 Å². The van der Waals surface area contributed by atoms with Gasteiger partial charge in [0.2, 0.25) is 0 Å². The average Bonchev–Trinajstić information content (AvgIpc) is 2.72. The topological polar surface area (TPSA) is 55.8 Å². The normalized spacial score (nSPS) is 49.2. The number of aliphatic hydroxyl groups excluding tert-OH is 1. The largest absolute Gasteiger partial charge is 0.459 e. The van der Waals surface area contributed by atoms with Gasteiger partial charge in [-0.25, -0.2) is 0 Å². The summed E-state index contributed by atoms with van der Waals surface area (Å²) in [6, 6.07) is 0. The zero-order valence-electron chi connectivity index (χ0n) is 15.5. The Balaban J connectivity index is 1.93. The summed E-state index contributed by atoms with van der Waals surface area (Å²) >= 11 is 0. The zero-order chi connectivity index (χ0) is 17.5. The van der Waals surface area contributed by atoms with E-state index >= 15 is 0 Å². The monoisotopic (exact) mass is 336 g/mol. The highest BCUT2D eigenvalue weighted by atomic mass is 16.6. The van der Waals surface area contributed by atoms with E-state index in [-0.39, 0.29) is 30.0 Å². The van der Waals surface area contributed by atoms with Gasteiger partial charge in [0.15, 0.2) is 0 Å². The summed E-state index contributed by atoms with van der Waals surface area (Å²) in [5, 5.41) is 10.9. The first kappa shape index (κ1) is 17.9. The number of fused-ring (bicyclic) bond motifs is 4. The van der Waals surface area contributed by atoms with Crippen molar-refractivity contribution in [1.82, 2.24) is 0 Å². The highest BCUT2D eigenvalue weighted by molar-refractivity contribution is 5.75. The van der Waals surface area contributed by atoms with E-state index < -0.39 is 11.7 Å². The van der Waals surface area contributed by atoms with Crippen LogP contribution in [0.15, 0.2) is 11.6 Å². The van der Waals surface area contributed by atoms with Crippen LogP contribution in [0.25, 0.3) is 0 Å². The maximum Gasteiger partial charge on any atom is 0.309 e. The first-order chi connectivity index (χ1) is 11.3. The maximum absolute atomic E-state index is 12.1. The second kappa shape index (κ2) is 6.80. The van der Waals surface area contributed by atoms with Gasteiger partial charge in [0.05, 0.1) is 23.7 Å². The number of esters is 1. The lowest BCUT2D eigenvalue weighted by Crippen LogP contribution is -2.46. The van der Waals surface area contributed by atoms with Crippen LogP contribution in [0.1, 0.15) is 66.2 Å². The Morgan fingerprint density at radius 2 is 2.04 bits per heavy atom. The van der Waals surface area contributed by atoms with E-state index in [2.05, 4.69) is 19.9 Å². The lowest BCUT2D eigenvalue weighted by Gasteiger charge is -2.38. The Labute approximate surface area is 145 Å². The lowest BCUT2D eigenvalue weighted by molar-refractivity contribution is -0.182. The van der Waals surface area contributed by atoms with Crippen LogP contribution in [0.3, 0.4) is 0 Å². The number of ether oxygens (including phenoxy) is 2. The first-order valence-electron chi connectivity index (χ1n) is 9.54. The van der Waals surface area contributed by atoms with Crippen LogP contribution in [0.2, 0.25) is 0 Å². The number of hydrogen-bond acceptors (Lipinski definition) is 4. The number of aliphatic hydroxyl groups is 1. The van der Waals surface area contributed by atoms with Gasteiger partial charge in [-0.3, -0.25) is 4.79 Å². The summed E-state index contributed by atoms with van der Waals surface area (Å²) in [6.45, 7) is 8.36. The molecule has 24 heavy (non-hydrogen) atoms. The van der Waals surface area contributed by atoms with Crippen molar-refractivity contribution in [1.29, 1.82) is 0 Å². The van der Waals surface area contributed by atoms with Crippen molar-refractivity contribution in [3.05, 3.63) is 11.6 Å². The highest BCUT2D eigenvalue weighted by Crippen LogP contribution is 2.45. The number of hydrogen-bond donors (Lipinski definition) is 1. The molecule has 3 rings (SSSR count). The van der Waals surface area contributed by atoms with Crippen LogP contribution < -0.4 is 0 Å². The molecule has 4 nitrogen and oxygen atoms in total. The van der Waals surface area contributed by atoms with Crippen molar-refractivity contribution in [2.75, 3.05) is 0 Å². The standard InChI is InChI=1S/C20H32O4/c1-12-7-5-9-13(2)17-18-15(14(3)19(22)23-18)11-16(21)20(4,24-17)10-6-8-12/h8,13-18,21H,5-7,9-11H2,1-4H3/b12-8+/t13-,14-,15+,16-,17-,18-,20-/m1/s1. The van der Waals surface area contributed by atoms with Gasteiger partial charge in [-0.1, -0.05) is 25.5 Å². The van der Waals surface area contributed by atoms with Crippen LogP contribution in [0.4, 0.5) is 0 Å². The summed E-state index contributed by atoms with van der Waals surface area (Å²) in [4.78, 5) is 12.1. The Kier molecular flexibility index (Phi) is 5.08. The quantitative estimate of drug-likeness (QED) is 0.542. The fourth-order valence-electron chi connectivity index (χ4n) is 4.64. The van der Waals surface area contributed by atoms with Gasteiger partial charge < -0.3 is 14.6 Å². The number of rotatable bonds is 0. The Morgan fingerprint density at radius 1 is 1.29 bits per heavy atom. The molecular weight excluding hydrogens is 304 g/mol.